The van der Waals surface area contributed by atoms with Gasteiger partial charge >= 0.3 is 0 Å². The molecule has 1 N–H and O–H groups in total. The number of aryl methyl sites for hydroxylation is 2. The highest BCUT2D eigenvalue weighted by atomic mass is 19.1. The Hall–Kier alpha value is -2.89. The average molecular weight is 386 g/mol. The van der Waals surface area contributed by atoms with Crippen LogP contribution in [0.25, 0.3) is 0 Å². The van der Waals surface area contributed by atoms with Crippen LogP contribution in [0.15, 0.2) is 42.5 Å². The Morgan fingerprint density at radius 2 is 1.79 bits per heavy atom. The maximum atomic E-state index is 14.1. The topological polar surface area (TPSA) is 58.6 Å². The van der Waals surface area contributed by atoms with E-state index in [9.17, 15) is 14.0 Å². The number of benzene rings is 2. The third-order valence-electron chi connectivity index (χ3n) is 4.37. The second kappa shape index (κ2) is 9.88. The summed E-state index contributed by atoms with van der Waals surface area (Å²) < 4.78 is 19.7. The van der Waals surface area contributed by atoms with Gasteiger partial charge in [0.2, 0.25) is 5.91 Å². The van der Waals surface area contributed by atoms with Crippen LogP contribution in [0.5, 0.6) is 5.75 Å². The van der Waals surface area contributed by atoms with Gasteiger partial charge in [-0.3, -0.25) is 9.59 Å². The summed E-state index contributed by atoms with van der Waals surface area (Å²) in [4.78, 5) is 26.5. The molecule has 1 unspecified atom stereocenters. The molecular formula is C22H27FN2O3. The zero-order valence-corrected chi connectivity index (χ0v) is 16.8. The summed E-state index contributed by atoms with van der Waals surface area (Å²) >= 11 is 0. The lowest BCUT2D eigenvalue weighted by Crippen LogP contribution is -2.49. The number of hydrogen-bond acceptors (Lipinski definition) is 3. The van der Waals surface area contributed by atoms with Gasteiger partial charge in [0.05, 0.1) is 0 Å². The zero-order valence-electron chi connectivity index (χ0n) is 16.8. The lowest BCUT2D eigenvalue weighted by Gasteiger charge is -2.28. The minimum Gasteiger partial charge on any atom is -0.484 e. The van der Waals surface area contributed by atoms with Gasteiger partial charge in [-0.15, -0.1) is 0 Å². The Morgan fingerprint density at radius 1 is 1.14 bits per heavy atom. The highest BCUT2D eigenvalue weighted by Crippen LogP contribution is 2.17. The minimum absolute atomic E-state index is 0.0139. The van der Waals surface area contributed by atoms with Crippen molar-refractivity contribution >= 4 is 11.8 Å². The van der Waals surface area contributed by atoms with Crippen molar-refractivity contribution in [2.24, 2.45) is 0 Å². The molecule has 0 bridgehead atoms. The molecule has 0 fully saturated rings. The van der Waals surface area contributed by atoms with E-state index in [1.165, 1.54) is 11.0 Å². The molecule has 0 aliphatic heterocycles. The molecule has 0 radical (unpaired) electrons. The number of nitrogens with one attached hydrogen (secondary N) is 1. The summed E-state index contributed by atoms with van der Waals surface area (Å²) in [6, 6.07) is 11.2. The first-order valence-electron chi connectivity index (χ1n) is 9.33. The van der Waals surface area contributed by atoms with E-state index in [4.69, 9.17) is 4.74 Å². The second-order valence-corrected chi connectivity index (χ2v) is 6.80. The van der Waals surface area contributed by atoms with Crippen LogP contribution in [0.2, 0.25) is 0 Å². The number of likely N-dealkylation sites (N-methyl/N-ethyl adjacent to an activating group) is 1. The number of halogens is 1. The van der Waals surface area contributed by atoms with E-state index in [0.717, 1.165) is 11.1 Å². The zero-order chi connectivity index (χ0) is 20.7. The molecule has 150 valence electrons. The van der Waals surface area contributed by atoms with Crippen LogP contribution in [-0.4, -0.2) is 35.9 Å². The van der Waals surface area contributed by atoms with Gasteiger partial charge in [-0.25, -0.2) is 4.39 Å². The fraction of sp³-hybridized carbons (Fsp3) is 0.364. The average Bonchev–Trinajstić information content (AvgIpc) is 2.64. The first kappa shape index (κ1) is 21.4. The van der Waals surface area contributed by atoms with Crippen LogP contribution in [0.1, 0.15) is 30.5 Å². The molecule has 0 saturated heterocycles. The van der Waals surface area contributed by atoms with E-state index in [0.29, 0.717) is 17.9 Å². The predicted octanol–water partition coefficient (Wildman–Crippen LogP) is 3.37. The molecule has 0 aromatic heterocycles. The van der Waals surface area contributed by atoms with Crippen LogP contribution in [-0.2, 0) is 16.1 Å². The van der Waals surface area contributed by atoms with Crippen molar-refractivity contribution in [1.82, 2.24) is 10.2 Å². The van der Waals surface area contributed by atoms with E-state index in [-0.39, 0.29) is 25.0 Å². The third-order valence-corrected chi connectivity index (χ3v) is 4.37. The van der Waals surface area contributed by atoms with E-state index in [1.54, 1.807) is 32.0 Å². The summed E-state index contributed by atoms with van der Waals surface area (Å²) in [6.07, 6.45) is 0. The quantitative estimate of drug-likeness (QED) is 0.757. The number of nitrogens with zero attached hydrogens (tertiary/aromatic N) is 1. The van der Waals surface area contributed by atoms with Gasteiger partial charge in [0, 0.05) is 18.7 Å². The number of amides is 2. The third kappa shape index (κ3) is 5.81. The summed E-state index contributed by atoms with van der Waals surface area (Å²) in [5.41, 5.74) is 2.40. The summed E-state index contributed by atoms with van der Waals surface area (Å²) in [5.74, 6) is -0.513. The van der Waals surface area contributed by atoms with E-state index < -0.39 is 11.9 Å². The normalized spacial score (nSPS) is 11.6. The van der Waals surface area contributed by atoms with Crippen molar-refractivity contribution in [2.75, 3.05) is 13.2 Å². The van der Waals surface area contributed by atoms with Gasteiger partial charge in [-0.1, -0.05) is 24.3 Å². The predicted molar refractivity (Wildman–Crippen MR) is 107 cm³/mol. The second-order valence-electron chi connectivity index (χ2n) is 6.80. The number of hydrogen-bond donors (Lipinski definition) is 1. The van der Waals surface area contributed by atoms with Crippen LogP contribution in [0, 0.1) is 19.7 Å². The Bertz CT molecular complexity index is 818. The molecule has 0 spiro atoms. The van der Waals surface area contributed by atoms with E-state index >= 15 is 0 Å². The molecule has 0 aliphatic carbocycles. The van der Waals surface area contributed by atoms with Crippen molar-refractivity contribution in [3.05, 3.63) is 65.0 Å². The number of rotatable bonds is 8. The van der Waals surface area contributed by atoms with Crippen molar-refractivity contribution in [3.63, 3.8) is 0 Å². The molecule has 0 aliphatic rings. The van der Waals surface area contributed by atoms with E-state index in [1.807, 2.05) is 32.0 Å². The van der Waals surface area contributed by atoms with E-state index in [2.05, 4.69) is 5.32 Å². The van der Waals surface area contributed by atoms with Crippen molar-refractivity contribution in [3.8, 4) is 5.75 Å². The Kier molecular flexibility index (Phi) is 7.55. The number of carbonyl (C=O) groups is 2. The molecule has 28 heavy (non-hydrogen) atoms. The van der Waals surface area contributed by atoms with Crippen LogP contribution in [0.4, 0.5) is 4.39 Å². The van der Waals surface area contributed by atoms with Crippen LogP contribution < -0.4 is 10.1 Å². The van der Waals surface area contributed by atoms with Crippen LogP contribution >= 0.6 is 0 Å². The van der Waals surface area contributed by atoms with Gasteiger partial charge < -0.3 is 15.0 Å². The lowest BCUT2D eigenvalue weighted by molar-refractivity contribution is -0.142. The molecule has 5 nitrogen and oxygen atoms in total. The molecule has 2 amide bonds. The Labute approximate surface area is 165 Å². The monoisotopic (exact) mass is 386 g/mol. The van der Waals surface area contributed by atoms with Crippen molar-refractivity contribution in [2.45, 2.75) is 40.3 Å². The Balaban J connectivity index is 2.17. The molecular weight excluding hydrogens is 359 g/mol. The van der Waals surface area contributed by atoms with Gasteiger partial charge in [-0.2, -0.15) is 0 Å². The van der Waals surface area contributed by atoms with Crippen molar-refractivity contribution in [1.29, 1.82) is 0 Å². The molecule has 6 heteroatoms. The first-order chi connectivity index (χ1) is 13.3. The van der Waals surface area contributed by atoms with Crippen LogP contribution in [0.3, 0.4) is 0 Å². The first-order valence-corrected chi connectivity index (χ1v) is 9.33. The highest BCUT2D eigenvalue weighted by molar-refractivity contribution is 5.87. The maximum absolute atomic E-state index is 14.1. The van der Waals surface area contributed by atoms with Gasteiger partial charge in [-0.05, 0) is 57.0 Å². The van der Waals surface area contributed by atoms with Gasteiger partial charge in [0.25, 0.3) is 5.91 Å². The molecule has 2 aromatic rings. The SMILES string of the molecule is CCNC(=O)C(C)N(Cc1ccccc1F)C(=O)COc1cc(C)cc(C)c1. The summed E-state index contributed by atoms with van der Waals surface area (Å²) in [5, 5.41) is 2.70. The van der Waals surface area contributed by atoms with Crippen molar-refractivity contribution < 1.29 is 18.7 Å². The largest absolute Gasteiger partial charge is 0.484 e. The van der Waals surface area contributed by atoms with Gasteiger partial charge in [0.1, 0.15) is 17.6 Å². The fourth-order valence-electron chi connectivity index (χ4n) is 2.96. The number of carbonyl (C=O) groups excluding carboxylic acids is 2. The highest BCUT2D eigenvalue weighted by Gasteiger charge is 2.27. The summed E-state index contributed by atoms with van der Waals surface area (Å²) in [7, 11) is 0. The molecule has 0 saturated carbocycles. The molecule has 1 atom stereocenters. The van der Waals surface area contributed by atoms with Gasteiger partial charge in [0.15, 0.2) is 6.61 Å². The minimum atomic E-state index is -0.755. The maximum Gasteiger partial charge on any atom is 0.261 e. The lowest BCUT2D eigenvalue weighted by atomic mass is 10.1. The smallest absolute Gasteiger partial charge is 0.261 e. The summed E-state index contributed by atoms with van der Waals surface area (Å²) in [6.45, 7) is 7.52. The fourth-order valence-corrected chi connectivity index (χ4v) is 2.96. The standard InChI is InChI=1S/C22H27FN2O3/c1-5-24-22(27)17(4)25(13-18-8-6-7-9-20(18)23)21(26)14-28-19-11-15(2)10-16(3)12-19/h6-12,17H,5,13-14H2,1-4H3,(H,24,27). The molecule has 2 aromatic carbocycles. The Morgan fingerprint density at radius 3 is 2.39 bits per heavy atom. The number of ether oxygens (including phenoxy) is 1. The molecule has 2 rings (SSSR count). The molecule has 0 heterocycles.